The van der Waals surface area contributed by atoms with Gasteiger partial charge >= 0.3 is 0 Å². The third-order valence-electron chi connectivity index (χ3n) is 4.61. The number of ketones is 1. The highest BCUT2D eigenvalue weighted by Gasteiger charge is 2.29. The number of nitrogens with one attached hydrogen (secondary N) is 1. The molecule has 0 spiro atoms. The van der Waals surface area contributed by atoms with E-state index in [1.807, 2.05) is 30.3 Å². The Hall–Kier alpha value is -2.98. The maximum atomic E-state index is 11.7. The second kappa shape index (κ2) is 8.81. The summed E-state index contributed by atoms with van der Waals surface area (Å²) < 4.78 is 6.14. The zero-order chi connectivity index (χ0) is 20.0. The highest BCUT2D eigenvalue weighted by Crippen LogP contribution is 2.24. The van der Waals surface area contributed by atoms with Gasteiger partial charge in [0.25, 0.3) is 0 Å². The number of carbonyl (C=O) groups excluding carboxylic acids is 2. The molecule has 4 heteroatoms. The van der Waals surface area contributed by atoms with Crippen LogP contribution in [0.15, 0.2) is 72.8 Å². The van der Waals surface area contributed by atoms with Gasteiger partial charge in [0.05, 0.1) is 6.61 Å². The van der Waals surface area contributed by atoms with E-state index in [1.165, 1.54) is 23.3 Å². The number of anilines is 1. The summed E-state index contributed by atoms with van der Waals surface area (Å²) in [6.07, 6.45) is 7.91. The van der Waals surface area contributed by atoms with Gasteiger partial charge in [-0.25, -0.2) is 0 Å². The molecule has 0 radical (unpaired) electrons. The molecule has 0 saturated carbocycles. The normalized spacial score (nSPS) is 16.0. The number of hydrogen-bond donors (Lipinski definition) is 1. The summed E-state index contributed by atoms with van der Waals surface area (Å²) in [6, 6.07) is 15.9. The summed E-state index contributed by atoms with van der Waals surface area (Å²) in [5.74, 6) is -0.369. The average molecular weight is 375 g/mol. The van der Waals surface area contributed by atoms with E-state index in [4.69, 9.17) is 4.74 Å². The van der Waals surface area contributed by atoms with Crippen LogP contribution >= 0.6 is 0 Å². The summed E-state index contributed by atoms with van der Waals surface area (Å²) in [6.45, 7) is 4.34. The molecular weight excluding hydrogens is 350 g/mol. The molecule has 2 aromatic carbocycles. The topological polar surface area (TPSA) is 55.4 Å². The summed E-state index contributed by atoms with van der Waals surface area (Å²) in [5.41, 5.74) is 3.38. The number of para-hydroxylation sites is 1. The Labute approximate surface area is 165 Å². The molecule has 0 fully saturated rings. The Morgan fingerprint density at radius 3 is 2.29 bits per heavy atom. The molecule has 1 aliphatic rings. The van der Waals surface area contributed by atoms with Crippen LogP contribution in [-0.2, 0) is 20.7 Å². The average Bonchev–Trinajstić information content (AvgIpc) is 2.67. The van der Waals surface area contributed by atoms with Crippen LogP contribution in [0.5, 0.6) is 0 Å². The predicted octanol–water partition coefficient (Wildman–Crippen LogP) is 4.18. The van der Waals surface area contributed by atoms with Crippen molar-refractivity contribution >= 4 is 17.8 Å². The van der Waals surface area contributed by atoms with Gasteiger partial charge in [0, 0.05) is 11.6 Å². The zero-order valence-electron chi connectivity index (χ0n) is 16.2. The van der Waals surface area contributed by atoms with E-state index in [2.05, 4.69) is 37.4 Å². The van der Waals surface area contributed by atoms with Crippen LogP contribution in [-0.4, -0.2) is 24.4 Å². The Kier molecular flexibility index (Phi) is 6.22. The minimum Gasteiger partial charge on any atom is -0.351 e. The molecule has 1 aliphatic carbocycles. The van der Waals surface area contributed by atoms with Crippen molar-refractivity contribution < 1.29 is 14.3 Å². The van der Waals surface area contributed by atoms with Gasteiger partial charge in [-0.05, 0) is 62.3 Å². The summed E-state index contributed by atoms with van der Waals surface area (Å²) >= 11 is 0. The number of rotatable bonds is 8. The fourth-order valence-corrected chi connectivity index (χ4v) is 3.37. The molecule has 1 unspecified atom stereocenters. The number of hydrogen-bond acceptors (Lipinski definition) is 4. The van der Waals surface area contributed by atoms with Crippen molar-refractivity contribution in [3.63, 3.8) is 0 Å². The lowest BCUT2D eigenvalue weighted by Gasteiger charge is -2.32. The van der Waals surface area contributed by atoms with E-state index in [9.17, 15) is 9.59 Å². The van der Waals surface area contributed by atoms with Gasteiger partial charge in [-0.1, -0.05) is 47.5 Å². The molecule has 0 amide bonds. The van der Waals surface area contributed by atoms with E-state index < -0.39 is 5.72 Å². The summed E-state index contributed by atoms with van der Waals surface area (Å²) in [7, 11) is 0. The van der Waals surface area contributed by atoms with Crippen molar-refractivity contribution in [2.24, 2.45) is 5.92 Å². The van der Waals surface area contributed by atoms with Gasteiger partial charge < -0.3 is 14.8 Å². The fraction of sp³-hybridized carbons (Fsp3) is 0.250. The minimum absolute atomic E-state index is 0.0868. The maximum absolute atomic E-state index is 11.7. The Morgan fingerprint density at radius 1 is 1.04 bits per heavy atom. The van der Waals surface area contributed by atoms with E-state index in [1.54, 1.807) is 12.2 Å². The van der Waals surface area contributed by atoms with Gasteiger partial charge in [0.2, 0.25) is 0 Å². The van der Waals surface area contributed by atoms with Crippen LogP contribution in [0.2, 0.25) is 0 Å². The molecule has 28 heavy (non-hydrogen) atoms. The highest BCUT2D eigenvalue weighted by molar-refractivity contribution is 6.00. The standard InChI is InChI=1S/C24H25NO3/c1-18-12-19(2)14-20(13-18)15-21(16-26)17-28-24(10-8-23(27)9-11-24)25-22-6-4-3-5-7-22/h3-14,16,21,25H,15,17H2,1-2H3. The molecule has 3 rings (SSSR count). The van der Waals surface area contributed by atoms with Gasteiger partial charge in [0.1, 0.15) is 6.29 Å². The minimum atomic E-state index is -0.959. The van der Waals surface area contributed by atoms with Crippen molar-refractivity contribution in [3.8, 4) is 0 Å². The first-order valence-electron chi connectivity index (χ1n) is 9.40. The smallest absolute Gasteiger partial charge is 0.178 e. The number of aryl methyl sites for hydroxylation is 2. The highest BCUT2D eigenvalue weighted by atomic mass is 16.5. The van der Waals surface area contributed by atoms with Crippen molar-refractivity contribution in [3.05, 3.63) is 89.5 Å². The van der Waals surface area contributed by atoms with Gasteiger partial charge in [0.15, 0.2) is 11.5 Å². The van der Waals surface area contributed by atoms with Crippen LogP contribution in [0.4, 0.5) is 5.69 Å². The quantitative estimate of drug-likeness (QED) is 0.555. The van der Waals surface area contributed by atoms with Crippen LogP contribution < -0.4 is 5.32 Å². The van der Waals surface area contributed by atoms with Crippen LogP contribution in [0.25, 0.3) is 0 Å². The molecule has 0 aromatic heterocycles. The van der Waals surface area contributed by atoms with Crippen molar-refractivity contribution in [1.82, 2.24) is 0 Å². The molecule has 2 aromatic rings. The first kappa shape index (κ1) is 19.8. The lowest BCUT2D eigenvalue weighted by molar-refractivity contribution is -0.114. The fourth-order valence-electron chi connectivity index (χ4n) is 3.37. The second-order valence-electron chi connectivity index (χ2n) is 7.26. The monoisotopic (exact) mass is 375 g/mol. The molecule has 4 nitrogen and oxygen atoms in total. The third kappa shape index (κ3) is 5.27. The molecular formula is C24H25NO3. The first-order chi connectivity index (χ1) is 13.5. The van der Waals surface area contributed by atoms with Crippen molar-refractivity contribution in [2.45, 2.75) is 26.0 Å². The number of aldehydes is 1. The molecule has 144 valence electrons. The zero-order valence-corrected chi connectivity index (χ0v) is 16.2. The first-order valence-corrected chi connectivity index (χ1v) is 9.40. The molecule has 0 aliphatic heterocycles. The lowest BCUT2D eigenvalue weighted by atomic mass is 9.97. The van der Waals surface area contributed by atoms with Gasteiger partial charge in [-0.3, -0.25) is 4.79 Å². The molecule has 1 atom stereocenters. The maximum Gasteiger partial charge on any atom is 0.178 e. The third-order valence-corrected chi connectivity index (χ3v) is 4.61. The van der Waals surface area contributed by atoms with Crippen LogP contribution in [0.3, 0.4) is 0 Å². The number of benzene rings is 2. The second-order valence-corrected chi connectivity index (χ2v) is 7.26. The number of carbonyl (C=O) groups is 2. The van der Waals surface area contributed by atoms with E-state index >= 15 is 0 Å². The van der Waals surface area contributed by atoms with Crippen molar-refractivity contribution in [2.75, 3.05) is 11.9 Å². The van der Waals surface area contributed by atoms with Crippen LogP contribution in [0.1, 0.15) is 16.7 Å². The molecule has 0 bridgehead atoms. The van der Waals surface area contributed by atoms with Crippen molar-refractivity contribution in [1.29, 1.82) is 0 Å². The van der Waals surface area contributed by atoms with Crippen LogP contribution in [0, 0.1) is 19.8 Å². The Balaban J connectivity index is 1.73. The summed E-state index contributed by atoms with van der Waals surface area (Å²) in [4.78, 5) is 23.3. The van der Waals surface area contributed by atoms with Gasteiger partial charge in [-0.15, -0.1) is 0 Å². The van der Waals surface area contributed by atoms with Gasteiger partial charge in [-0.2, -0.15) is 0 Å². The molecule has 0 saturated heterocycles. The predicted molar refractivity (Wildman–Crippen MR) is 111 cm³/mol. The summed E-state index contributed by atoms with van der Waals surface area (Å²) in [5, 5.41) is 3.31. The molecule has 1 N–H and O–H groups in total. The number of allylic oxidation sites excluding steroid dienone is 2. The lowest BCUT2D eigenvalue weighted by Crippen LogP contribution is -2.40. The Bertz CT molecular complexity index is 863. The Morgan fingerprint density at radius 2 is 1.68 bits per heavy atom. The largest absolute Gasteiger partial charge is 0.351 e. The number of ether oxygens (including phenoxy) is 1. The van der Waals surface area contributed by atoms with E-state index in [0.717, 1.165) is 17.5 Å². The SMILES string of the molecule is Cc1cc(C)cc(CC(C=O)COC2(Nc3ccccc3)C=CC(=O)C=C2)c1. The van der Waals surface area contributed by atoms with E-state index in [-0.39, 0.29) is 18.3 Å². The van der Waals surface area contributed by atoms with E-state index in [0.29, 0.717) is 6.42 Å². The molecule has 0 heterocycles.